The van der Waals surface area contributed by atoms with E-state index in [4.69, 9.17) is 9.47 Å². The minimum atomic E-state index is 0.0530. The van der Waals surface area contributed by atoms with Crippen molar-refractivity contribution >= 4 is 23.4 Å². The Morgan fingerprint density at radius 3 is 2.86 bits per heavy atom. The van der Waals surface area contributed by atoms with Crippen molar-refractivity contribution in [3.05, 3.63) is 24.3 Å². The predicted molar refractivity (Wildman–Crippen MR) is 87.2 cm³/mol. The van der Waals surface area contributed by atoms with Gasteiger partial charge in [-0.15, -0.1) is 0 Å². The van der Waals surface area contributed by atoms with Crippen molar-refractivity contribution < 1.29 is 14.3 Å². The van der Waals surface area contributed by atoms with E-state index in [9.17, 15) is 4.79 Å². The molecule has 1 aromatic carbocycles. The minimum Gasteiger partial charge on any atom is -0.497 e. The van der Waals surface area contributed by atoms with Gasteiger partial charge in [0.2, 0.25) is 5.91 Å². The summed E-state index contributed by atoms with van der Waals surface area (Å²) < 4.78 is 10.8. The van der Waals surface area contributed by atoms with Gasteiger partial charge in [0.25, 0.3) is 0 Å². The summed E-state index contributed by atoms with van der Waals surface area (Å²) in [5.41, 5.74) is 0.807. The standard InChI is InChI=1S/C16H23NO3S/c1-19-14-7-5-13(6-8-14)17-16(18)9-11-21-12-15-4-2-3-10-20-15/h5-8,15H,2-4,9-12H2,1H3,(H,17,18)/t15-/m1/s1. The summed E-state index contributed by atoms with van der Waals surface area (Å²) in [6.07, 6.45) is 4.52. The van der Waals surface area contributed by atoms with Gasteiger partial charge in [0.05, 0.1) is 13.2 Å². The molecule has 1 aliphatic rings. The van der Waals surface area contributed by atoms with Gasteiger partial charge in [0.1, 0.15) is 5.75 Å². The van der Waals surface area contributed by atoms with Crippen LogP contribution in [0.4, 0.5) is 5.69 Å². The van der Waals surface area contributed by atoms with Gasteiger partial charge in [-0.3, -0.25) is 4.79 Å². The zero-order valence-corrected chi connectivity index (χ0v) is 13.3. The summed E-state index contributed by atoms with van der Waals surface area (Å²) >= 11 is 1.80. The molecule has 1 aromatic rings. The number of benzene rings is 1. The normalized spacial score (nSPS) is 18.2. The Labute approximate surface area is 130 Å². The fourth-order valence-electron chi connectivity index (χ4n) is 2.22. The van der Waals surface area contributed by atoms with Gasteiger partial charge in [-0.2, -0.15) is 11.8 Å². The molecule has 1 fully saturated rings. The average Bonchev–Trinajstić information content (AvgIpc) is 2.53. The lowest BCUT2D eigenvalue weighted by molar-refractivity contribution is -0.115. The summed E-state index contributed by atoms with van der Waals surface area (Å²) in [7, 11) is 1.63. The number of rotatable bonds is 7. The van der Waals surface area contributed by atoms with Crippen LogP contribution in [0.5, 0.6) is 5.75 Å². The number of hydrogen-bond acceptors (Lipinski definition) is 4. The maximum atomic E-state index is 11.8. The topological polar surface area (TPSA) is 47.6 Å². The van der Waals surface area contributed by atoms with Gasteiger partial charge in [-0.05, 0) is 43.5 Å². The molecule has 0 aliphatic carbocycles. The molecule has 0 aromatic heterocycles. The second-order valence-corrected chi connectivity index (χ2v) is 6.24. The van der Waals surface area contributed by atoms with Crippen molar-refractivity contribution in [3.8, 4) is 5.75 Å². The van der Waals surface area contributed by atoms with Crippen LogP contribution >= 0.6 is 11.8 Å². The molecule has 0 saturated carbocycles. The van der Waals surface area contributed by atoms with Crippen LogP contribution in [-0.4, -0.2) is 37.2 Å². The number of anilines is 1. The Kier molecular flexibility index (Phi) is 6.89. The van der Waals surface area contributed by atoms with Gasteiger partial charge in [0.15, 0.2) is 0 Å². The Morgan fingerprint density at radius 1 is 1.38 bits per heavy atom. The summed E-state index contributed by atoms with van der Waals surface area (Å²) in [6, 6.07) is 7.37. The molecule has 0 bridgehead atoms. The first-order valence-electron chi connectivity index (χ1n) is 7.41. The first-order chi connectivity index (χ1) is 10.3. The lowest BCUT2D eigenvalue weighted by Crippen LogP contribution is -2.21. The number of nitrogens with one attached hydrogen (secondary N) is 1. The van der Waals surface area contributed by atoms with Crippen molar-refractivity contribution in [1.29, 1.82) is 0 Å². The van der Waals surface area contributed by atoms with Crippen molar-refractivity contribution in [2.24, 2.45) is 0 Å². The Bertz CT molecular complexity index is 430. The molecule has 21 heavy (non-hydrogen) atoms. The predicted octanol–water partition coefficient (Wildman–Crippen LogP) is 3.33. The van der Waals surface area contributed by atoms with Crippen molar-refractivity contribution in [2.45, 2.75) is 31.8 Å². The molecule has 1 aliphatic heterocycles. The van der Waals surface area contributed by atoms with E-state index in [0.717, 1.165) is 36.0 Å². The fraction of sp³-hybridized carbons (Fsp3) is 0.562. The molecular formula is C16H23NO3S. The molecule has 0 spiro atoms. The number of carbonyl (C=O) groups excluding carboxylic acids is 1. The van der Waals surface area contributed by atoms with Crippen LogP contribution in [0, 0.1) is 0 Å². The second kappa shape index (κ2) is 8.95. The molecule has 0 unspecified atom stereocenters. The number of methoxy groups -OCH3 is 1. The fourth-order valence-corrected chi connectivity index (χ4v) is 3.24. The summed E-state index contributed by atoms with van der Waals surface area (Å²) in [6.45, 7) is 0.892. The highest BCUT2D eigenvalue weighted by Crippen LogP contribution is 2.18. The van der Waals surface area contributed by atoms with Gasteiger partial charge in [-0.1, -0.05) is 0 Å². The monoisotopic (exact) mass is 309 g/mol. The van der Waals surface area contributed by atoms with Crippen LogP contribution in [-0.2, 0) is 9.53 Å². The van der Waals surface area contributed by atoms with Crippen LogP contribution in [0.1, 0.15) is 25.7 Å². The third-order valence-corrected chi connectivity index (χ3v) is 4.53. The largest absolute Gasteiger partial charge is 0.497 e. The van der Waals surface area contributed by atoms with E-state index in [0.29, 0.717) is 12.5 Å². The number of ether oxygens (including phenoxy) is 2. The number of hydrogen-bond donors (Lipinski definition) is 1. The first kappa shape index (κ1) is 16.2. The molecule has 1 N–H and O–H groups in total. The van der Waals surface area contributed by atoms with Crippen molar-refractivity contribution in [1.82, 2.24) is 0 Å². The zero-order chi connectivity index (χ0) is 14.9. The van der Waals surface area contributed by atoms with E-state index in [2.05, 4.69) is 5.32 Å². The number of amides is 1. The van der Waals surface area contributed by atoms with Crippen molar-refractivity contribution in [3.63, 3.8) is 0 Å². The highest BCUT2D eigenvalue weighted by molar-refractivity contribution is 7.99. The molecule has 1 heterocycles. The van der Waals surface area contributed by atoms with E-state index in [1.165, 1.54) is 12.8 Å². The molecule has 1 saturated heterocycles. The SMILES string of the molecule is COc1ccc(NC(=O)CCSC[C@H]2CCCCO2)cc1. The quantitative estimate of drug-likeness (QED) is 0.785. The molecule has 116 valence electrons. The minimum absolute atomic E-state index is 0.0530. The van der Waals surface area contributed by atoms with Gasteiger partial charge in [-0.25, -0.2) is 0 Å². The van der Waals surface area contributed by atoms with Gasteiger partial charge in [0, 0.05) is 30.2 Å². The second-order valence-electron chi connectivity index (χ2n) is 5.09. The number of carbonyl (C=O) groups is 1. The molecule has 4 nitrogen and oxygen atoms in total. The van der Waals surface area contributed by atoms with Crippen LogP contribution in [0.25, 0.3) is 0 Å². The maximum absolute atomic E-state index is 11.8. The highest BCUT2D eigenvalue weighted by atomic mass is 32.2. The van der Waals surface area contributed by atoms with E-state index < -0.39 is 0 Å². The lowest BCUT2D eigenvalue weighted by atomic mass is 10.1. The van der Waals surface area contributed by atoms with E-state index in [1.54, 1.807) is 18.9 Å². The van der Waals surface area contributed by atoms with E-state index in [1.807, 2.05) is 24.3 Å². The molecule has 5 heteroatoms. The average molecular weight is 309 g/mol. The highest BCUT2D eigenvalue weighted by Gasteiger charge is 2.13. The zero-order valence-electron chi connectivity index (χ0n) is 12.5. The van der Waals surface area contributed by atoms with Gasteiger partial charge >= 0.3 is 0 Å². The Morgan fingerprint density at radius 2 is 2.19 bits per heavy atom. The summed E-state index contributed by atoms with van der Waals surface area (Å²) in [4.78, 5) is 11.8. The third kappa shape index (κ3) is 5.98. The lowest BCUT2D eigenvalue weighted by Gasteiger charge is -2.21. The molecule has 0 radical (unpaired) electrons. The smallest absolute Gasteiger partial charge is 0.225 e. The van der Waals surface area contributed by atoms with Crippen LogP contribution in [0.15, 0.2) is 24.3 Å². The summed E-state index contributed by atoms with van der Waals surface area (Å²) in [5.74, 6) is 2.67. The maximum Gasteiger partial charge on any atom is 0.225 e. The van der Waals surface area contributed by atoms with Crippen molar-refractivity contribution in [2.75, 3.05) is 30.5 Å². The van der Waals surface area contributed by atoms with Gasteiger partial charge < -0.3 is 14.8 Å². The number of thioether (sulfide) groups is 1. The van der Waals surface area contributed by atoms with Crippen LogP contribution in [0.2, 0.25) is 0 Å². The molecule has 1 atom stereocenters. The Balaban J connectivity index is 1.60. The van der Waals surface area contributed by atoms with E-state index >= 15 is 0 Å². The van der Waals surface area contributed by atoms with Crippen LogP contribution < -0.4 is 10.1 Å². The molecular weight excluding hydrogens is 286 g/mol. The van der Waals surface area contributed by atoms with E-state index in [-0.39, 0.29) is 5.91 Å². The molecule has 2 rings (SSSR count). The first-order valence-corrected chi connectivity index (χ1v) is 8.56. The third-order valence-electron chi connectivity index (χ3n) is 3.42. The Hall–Kier alpha value is -1.20. The molecule has 1 amide bonds. The van der Waals surface area contributed by atoms with Crippen LogP contribution in [0.3, 0.4) is 0 Å². The summed E-state index contributed by atoms with van der Waals surface area (Å²) in [5, 5.41) is 2.89.